The maximum Gasteiger partial charge on any atom is 0.252 e. The Morgan fingerprint density at radius 3 is 2.76 bits per heavy atom. The van der Waals surface area contributed by atoms with Gasteiger partial charge in [0, 0.05) is 19.3 Å². The summed E-state index contributed by atoms with van der Waals surface area (Å²) in [6, 6.07) is 3.90. The van der Waals surface area contributed by atoms with Gasteiger partial charge < -0.3 is 15.8 Å². The van der Waals surface area contributed by atoms with Gasteiger partial charge in [0.05, 0.1) is 16.6 Å². The first-order valence-corrected chi connectivity index (χ1v) is 8.29. The third-order valence-corrected chi connectivity index (χ3v) is 4.92. The Hall–Kier alpha value is -1.07. The van der Waals surface area contributed by atoms with E-state index in [1.54, 1.807) is 7.11 Å². The summed E-state index contributed by atoms with van der Waals surface area (Å²) in [5.74, 6) is 0.380. The van der Waals surface area contributed by atoms with E-state index in [1.165, 1.54) is 19.3 Å². The molecule has 0 aliphatic heterocycles. The van der Waals surface area contributed by atoms with Gasteiger partial charge in [-0.2, -0.15) is 0 Å². The van der Waals surface area contributed by atoms with Crippen LogP contribution in [0.3, 0.4) is 0 Å². The van der Waals surface area contributed by atoms with Crippen LogP contribution in [0, 0.1) is 0 Å². The number of amides is 1. The number of hydrogen-bond donors (Lipinski definition) is 2. The van der Waals surface area contributed by atoms with E-state index in [4.69, 9.17) is 10.5 Å². The average molecular weight is 355 g/mol. The van der Waals surface area contributed by atoms with Crippen LogP contribution in [0.4, 0.5) is 5.69 Å². The SMILES string of the molecule is COCCNC(=O)c1c(C2CCCCC2)ccc(N)c1Br. The van der Waals surface area contributed by atoms with Crippen molar-refractivity contribution < 1.29 is 9.53 Å². The molecule has 0 heterocycles. The zero-order valence-corrected chi connectivity index (χ0v) is 14.0. The van der Waals surface area contributed by atoms with E-state index in [0.717, 1.165) is 18.4 Å². The highest BCUT2D eigenvalue weighted by Gasteiger charge is 2.24. The van der Waals surface area contributed by atoms with Crippen molar-refractivity contribution in [3.63, 3.8) is 0 Å². The molecule has 1 aliphatic rings. The standard InChI is InChI=1S/C16H23BrN2O2/c1-21-10-9-19-16(20)14-12(7-8-13(18)15(14)17)11-5-3-2-4-6-11/h7-8,11H,2-6,9-10,18H2,1H3,(H,19,20). The molecular weight excluding hydrogens is 332 g/mol. The molecule has 2 rings (SSSR count). The van der Waals surface area contributed by atoms with Gasteiger partial charge in [-0.05, 0) is 46.3 Å². The van der Waals surface area contributed by atoms with Crippen molar-refractivity contribution in [1.29, 1.82) is 0 Å². The molecule has 0 unspecified atom stereocenters. The first-order valence-electron chi connectivity index (χ1n) is 7.50. The number of carbonyl (C=O) groups excluding carboxylic acids is 1. The fourth-order valence-electron chi connectivity index (χ4n) is 2.95. The second-order valence-electron chi connectivity index (χ2n) is 5.52. The molecule has 0 radical (unpaired) electrons. The molecule has 0 spiro atoms. The number of rotatable bonds is 5. The van der Waals surface area contributed by atoms with Gasteiger partial charge in [0.1, 0.15) is 0 Å². The topological polar surface area (TPSA) is 64.3 Å². The average Bonchev–Trinajstić information content (AvgIpc) is 2.50. The number of hydrogen-bond acceptors (Lipinski definition) is 3. The Bertz CT molecular complexity index is 499. The molecule has 0 aromatic heterocycles. The fourth-order valence-corrected chi connectivity index (χ4v) is 3.49. The first kappa shape index (κ1) is 16.3. The summed E-state index contributed by atoms with van der Waals surface area (Å²) in [5.41, 5.74) is 8.37. The van der Waals surface area contributed by atoms with Crippen LogP contribution in [0.5, 0.6) is 0 Å². The minimum absolute atomic E-state index is 0.0770. The largest absolute Gasteiger partial charge is 0.398 e. The molecule has 1 aromatic rings. The zero-order valence-electron chi connectivity index (χ0n) is 12.5. The molecule has 1 amide bonds. The Balaban J connectivity index is 2.27. The van der Waals surface area contributed by atoms with Crippen molar-refractivity contribution in [2.24, 2.45) is 0 Å². The van der Waals surface area contributed by atoms with Crippen molar-refractivity contribution in [3.8, 4) is 0 Å². The quantitative estimate of drug-likeness (QED) is 0.628. The summed E-state index contributed by atoms with van der Waals surface area (Å²) in [6.07, 6.45) is 6.06. The van der Waals surface area contributed by atoms with Gasteiger partial charge >= 0.3 is 0 Å². The third-order valence-electron chi connectivity index (χ3n) is 4.07. The van der Waals surface area contributed by atoms with Gasteiger partial charge in [-0.3, -0.25) is 4.79 Å². The van der Waals surface area contributed by atoms with Gasteiger partial charge in [0.15, 0.2) is 0 Å². The van der Waals surface area contributed by atoms with Crippen LogP contribution in [-0.4, -0.2) is 26.2 Å². The third kappa shape index (κ3) is 3.98. The number of nitrogens with two attached hydrogens (primary N) is 1. The van der Waals surface area contributed by atoms with E-state index in [-0.39, 0.29) is 5.91 Å². The van der Waals surface area contributed by atoms with Gasteiger partial charge in [0.25, 0.3) is 5.91 Å². The smallest absolute Gasteiger partial charge is 0.252 e. The molecule has 4 nitrogen and oxygen atoms in total. The summed E-state index contributed by atoms with van der Waals surface area (Å²) in [5, 5.41) is 2.90. The first-order chi connectivity index (χ1) is 10.1. The lowest BCUT2D eigenvalue weighted by molar-refractivity contribution is 0.0934. The second kappa shape index (κ2) is 7.80. The predicted molar refractivity (Wildman–Crippen MR) is 88.6 cm³/mol. The van der Waals surface area contributed by atoms with Gasteiger partial charge in [-0.1, -0.05) is 25.3 Å². The van der Waals surface area contributed by atoms with Crippen LogP contribution < -0.4 is 11.1 Å². The van der Waals surface area contributed by atoms with Crippen LogP contribution in [-0.2, 0) is 4.74 Å². The van der Waals surface area contributed by atoms with E-state index in [2.05, 4.69) is 21.2 Å². The van der Waals surface area contributed by atoms with Crippen LogP contribution in [0.25, 0.3) is 0 Å². The van der Waals surface area contributed by atoms with Crippen LogP contribution in [0.15, 0.2) is 16.6 Å². The molecule has 116 valence electrons. The van der Waals surface area contributed by atoms with E-state index in [9.17, 15) is 4.79 Å². The summed E-state index contributed by atoms with van der Waals surface area (Å²) in [7, 11) is 1.62. The van der Waals surface area contributed by atoms with Crippen LogP contribution >= 0.6 is 15.9 Å². The number of halogens is 1. The highest BCUT2D eigenvalue weighted by atomic mass is 79.9. The highest BCUT2D eigenvalue weighted by molar-refractivity contribution is 9.10. The molecular formula is C16H23BrN2O2. The number of nitrogen functional groups attached to an aromatic ring is 1. The summed E-state index contributed by atoms with van der Waals surface area (Å²) in [6.45, 7) is 1.01. The molecule has 0 saturated heterocycles. The van der Waals surface area contributed by atoms with E-state index in [1.807, 2.05) is 12.1 Å². The van der Waals surface area contributed by atoms with E-state index < -0.39 is 0 Å². The fraction of sp³-hybridized carbons (Fsp3) is 0.562. The Morgan fingerprint density at radius 1 is 1.38 bits per heavy atom. The second-order valence-corrected chi connectivity index (χ2v) is 6.31. The molecule has 3 N–H and O–H groups in total. The minimum atomic E-state index is -0.0770. The van der Waals surface area contributed by atoms with Gasteiger partial charge in [0.2, 0.25) is 0 Å². The van der Waals surface area contributed by atoms with Gasteiger partial charge in [-0.25, -0.2) is 0 Å². The van der Waals surface area contributed by atoms with Crippen LogP contribution in [0.1, 0.15) is 53.9 Å². The summed E-state index contributed by atoms with van der Waals surface area (Å²) >= 11 is 3.49. The molecule has 0 bridgehead atoms. The Morgan fingerprint density at radius 2 is 2.10 bits per heavy atom. The molecule has 1 aliphatic carbocycles. The van der Waals surface area contributed by atoms with E-state index in [0.29, 0.717) is 34.8 Å². The van der Waals surface area contributed by atoms with Crippen molar-refractivity contribution in [1.82, 2.24) is 5.32 Å². The van der Waals surface area contributed by atoms with E-state index >= 15 is 0 Å². The molecule has 1 saturated carbocycles. The Kier molecular flexibility index (Phi) is 6.06. The van der Waals surface area contributed by atoms with Crippen molar-refractivity contribution in [2.45, 2.75) is 38.0 Å². The maximum absolute atomic E-state index is 12.5. The zero-order chi connectivity index (χ0) is 15.2. The van der Waals surface area contributed by atoms with Crippen molar-refractivity contribution in [3.05, 3.63) is 27.7 Å². The monoisotopic (exact) mass is 354 g/mol. The highest BCUT2D eigenvalue weighted by Crippen LogP contribution is 2.38. The number of methoxy groups -OCH3 is 1. The molecule has 0 atom stereocenters. The number of carbonyl (C=O) groups is 1. The van der Waals surface area contributed by atoms with Crippen molar-refractivity contribution in [2.75, 3.05) is 26.0 Å². The molecule has 1 fully saturated rings. The number of benzene rings is 1. The predicted octanol–water partition coefficient (Wildman–Crippen LogP) is 3.46. The summed E-state index contributed by atoms with van der Waals surface area (Å²) in [4.78, 5) is 12.5. The molecule has 5 heteroatoms. The van der Waals surface area contributed by atoms with Crippen molar-refractivity contribution >= 4 is 27.5 Å². The lowest BCUT2D eigenvalue weighted by Gasteiger charge is -2.25. The summed E-state index contributed by atoms with van der Waals surface area (Å²) < 4.78 is 5.69. The Labute approximate surface area is 134 Å². The van der Waals surface area contributed by atoms with Gasteiger partial charge in [-0.15, -0.1) is 0 Å². The molecule has 21 heavy (non-hydrogen) atoms. The lowest BCUT2D eigenvalue weighted by atomic mass is 9.82. The van der Waals surface area contributed by atoms with Crippen LogP contribution in [0.2, 0.25) is 0 Å². The minimum Gasteiger partial charge on any atom is -0.398 e. The maximum atomic E-state index is 12.5. The number of nitrogens with one attached hydrogen (secondary N) is 1. The molecule has 1 aromatic carbocycles. The number of ether oxygens (including phenoxy) is 1. The number of anilines is 1. The lowest BCUT2D eigenvalue weighted by Crippen LogP contribution is -2.29. The normalized spacial score (nSPS) is 15.9.